The van der Waals surface area contributed by atoms with Gasteiger partial charge in [-0.15, -0.1) is 0 Å². The number of hydrogen-bond donors (Lipinski definition) is 1. The lowest BCUT2D eigenvalue weighted by molar-refractivity contribution is 0.0400. The van der Waals surface area contributed by atoms with Crippen LogP contribution >= 0.6 is 0 Å². The number of imidazole rings is 1. The van der Waals surface area contributed by atoms with Gasteiger partial charge in [-0.05, 0) is 50.9 Å². The first-order chi connectivity index (χ1) is 10.7. The van der Waals surface area contributed by atoms with Gasteiger partial charge in [0, 0.05) is 31.7 Å². The maximum atomic E-state index is 10.5. The molecule has 1 fully saturated rings. The van der Waals surface area contributed by atoms with Crippen LogP contribution in [-0.4, -0.2) is 37.6 Å². The Morgan fingerprint density at radius 3 is 2.55 bits per heavy atom. The first-order valence-electron chi connectivity index (χ1n) is 7.97. The summed E-state index contributed by atoms with van der Waals surface area (Å²) in [4.78, 5) is 11.2. The zero-order valence-electron chi connectivity index (χ0n) is 13.3. The Labute approximate surface area is 131 Å². The zero-order valence-corrected chi connectivity index (χ0v) is 13.3. The molecule has 1 aliphatic heterocycles. The number of aryl methyl sites for hydroxylation is 1. The van der Waals surface area contributed by atoms with E-state index in [1.54, 1.807) is 6.20 Å². The van der Waals surface area contributed by atoms with Crippen LogP contribution in [0, 0.1) is 5.92 Å². The standard InChI is InChI=1S/C17H24N4O/c1-13(15-5-3-4-8-18-15)21-10-6-14(7-11-21)16(22)17-19-9-12-20(17)2/h3-5,8-9,12-14,16,22H,6-7,10-11H2,1-2H3/t13-,16-/m0/s1. The molecular formula is C17H24N4O. The Balaban J connectivity index is 1.60. The van der Waals surface area contributed by atoms with Crippen molar-refractivity contribution in [1.29, 1.82) is 0 Å². The zero-order chi connectivity index (χ0) is 15.5. The highest BCUT2D eigenvalue weighted by atomic mass is 16.3. The first-order valence-corrected chi connectivity index (χ1v) is 7.97. The molecule has 0 unspecified atom stereocenters. The predicted molar refractivity (Wildman–Crippen MR) is 85.1 cm³/mol. The Morgan fingerprint density at radius 1 is 1.18 bits per heavy atom. The number of hydrogen-bond acceptors (Lipinski definition) is 4. The van der Waals surface area contributed by atoms with E-state index in [-0.39, 0.29) is 5.92 Å². The van der Waals surface area contributed by atoms with E-state index in [0.717, 1.165) is 37.4 Å². The molecule has 22 heavy (non-hydrogen) atoms. The fourth-order valence-electron chi connectivity index (χ4n) is 3.31. The number of aliphatic hydroxyl groups is 1. The van der Waals surface area contributed by atoms with Crippen LogP contribution in [0.1, 0.15) is 43.4 Å². The lowest BCUT2D eigenvalue weighted by Crippen LogP contribution is -2.37. The van der Waals surface area contributed by atoms with Gasteiger partial charge in [-0.1, -0.05) is 6.07 Å². The second kappa shape index (κ2) is 6.58. The van der Waals surface area contributed by atoms with Crippen molar-refractivity contribution < 1.29 is 5.11 Å². The van der Waals surface area contributed by atoms with Crippen LogP contribution in [-0.2, 0) is 7.05 Å². The summed E-state index contributed by atoms with van der Waals surface area (Å²) in [5.74, 6) is 1.06. The van der Waals surface area contributed by atoms with Crippen LogP contribution in [0.5, 0.6) is 0 Å². The monoisotopic (exact) mass is 300 g/mol. The van der Waals surface area contributed by atoms with Gasteiger partial charge in [0.2, 0.25) is 0 Å². The van der Waals surface area contributed by atoms with Crippen LogP contribution in [0.3, 0.4) is 0 Å². The van der Waals surface area contributed by atoms with Crippen molar-refractivity contribution in [2.75, 3.05) is 13.1 Å². The van der Waals surface area contributed by atoms with Crippen molar-refractivity contribution in [3.05, 3.63) is 48.3 Å². The smallest absolute Gasteiger partial charge is 0.137 e. The third-order valence-corrected chi connectivity index (χ3v) is 4.81. The molecule has 1 N–H and O–H groups in total. The fourth-order valence-corrected chi connectivity index (χ4v) is 3.31. The minimum atomic E-state index is -0.465. The first kappa shape index (κ1) is 15.2. The van der Waals surface area contributed by atoms with E-state index in [2.05, 4.69) is 27.9 Å². The van der Waals surface area contributed by atoms with Crippen molar-refractivity contribution in [2.45, 2.75) is 31.9 Å². The van der Waals surface area contributed by atoms with Crippen LogP contribution in [0.2, 0.25) is 0 Å². The minimum Gasteiger partial charge on any atom is -0.385 e. The van der Waals surface area contributed by atoms with E-state index in [4.69, 9.17) is 0 Å². The fraction of sp³-hybridized carbons (Fsp3) is 0.529. The number of pyridine rings is 1. The second-order valence-corrected chi connectivity index (χ2v) is 6.15. The lowest BCUT2D eigenvalue weighted by Gasteiger charge is -2.37. The van der Waals surface area contributed by atoms with Crippen LogP contribution in [0.4, 0.5) is 0 Å². The van der Waals surface area contributed by atoms with Crippen molar-refractivity contribution >= 4 is 0 Å². The van der Waals surface area contributed by atoms with Crippen LogP contribution in [0.15, 0.2) is 36.8 Å². The SMILES string of the molecule is C[C@@H](c1ccccn1)N1CCC([C@H](O)c2nccn2C)CC1. The summed E-state index contributed by atoms with van der Waals surface area (Å²) in [6, 6.07) is 6.40. The molecule has 0 spiro atoms. The lowest BCUT2D eigenvalue weighted by atomic mass is 9.90. The number of aromatic nitrogens is 3. The average molecular weight is 300 g/mol. The maximum absolute atomic E-state index is 10.5. The van der Waals surface area contributed by atoms with E-state index < -0.39 is 6.10 Å². The number of likely N-dealkylation sites (tertiary alicyclic amines) is 1. The van der Waals surface area contributed by atoms with Gasteiger partial charge in [0.1, 0.15) is 11.9 Å². The number of rotatable bonds is 4. The summed E-state index contributed by atoms with van der Waals surface area (Å²) >= 11 is 0. The Hall–Kier alpha value is -1.72. The molecule has 2 aromatic rings. The highest BCUT2D eigenvalue weighted by Crippen LogP contribution is 2.32. The summed E-state index contributed by atoms with van der Waals surface area (Å²) in [5, 5.41) is 10.5. The predicted octanol–water partition coefficient (Wildman–Crippen LogP) is 2.32. The second-order valence-electron chi connectivity index (χ2n) is 6.15. The minimum absolute atomic E-state index is 0.285. The van der Waals surface area contributed by atoms with Gasteiger partial charge < -0.3 is 9.67 Å². The molecule has 1 saturated heterocycles. The molecular weight excluding hydrogens is 276 g/mol. The van der Waals surface area contributed by atoms with E-state index in [1.165, 1.54) is 0 Å². The molecule has 118 valence electrons. The summed E-state index contributed by atoms with van der Waals surface area (Å²) in [5.41, 5.74) is 1.12. The molecule has 3 heterocycles. The van der Waals surface area contributed by atoms with Crippen LogP contribution in [0.25, 0.3) is 0 Å². The maximum Gasteiger partial charge on any atom is 0.137 e. The molecule has 0 aliphatic carbocycles. The van der Waals surface area contributed by atoms with Crippen molar-refractivity contribution in [2.24, 2.45) is 13.0 Å². The number of nitrogens with zero attached hydrogens (tertiary/aromatic N) is 4. The molecule has 0 bridgehead atoms. The van der Waals surface area contributed by atoms with Crippen molar-refractivity contribution in [3.8, 4) is 0 Å². The molecule has 5 nitrogen and oxygen atoms in total. The Bertz CT molecular complexity index is 590. The number of piperidine rings is 1. The van der Waals surface area contributed by atoms with E-state index in [1.807, 2.05) is 36.1 Å². The molecule has 0 aromatic carbocycles. The largest absolute Gasteiger partial charge is 0.385 e. The van der Waals surface area contributed by atoms with E-state index in [0.29, 0.717) is 6.04 Å². The molecule has 5 heteroatoms. The van der Waals surface area contributed by atoms with Crippen molar-refractivity contribution in [1.82, 2.24) is 19.4 Å². The van der Waals surface area contributed by atoms with Crippen LogP contribution < -0.4 is 0 Å². The van der Waals surface area contributed by atoms with E-state index in [9.17, 15) is 5.11 Å². The highest BCUT2D eigenvalue weighted by Gasteiger charge is 2.30. The molecule has 2 atom stereocenters. The molecule has 0 amide bonds. The Morgan fingerprint density at radius 2 is 1.95 bits per heavy atom. The quantitative estimate of drug-likeness (QED) is 0.941. The van der Waals surface area contributed by atoms with Crippen molar-refractivity contribution in [3.63, 3.8) is 0 Å². The third-order valence-electron chi connectivity index (χ3n) is 4.81. The molecule has 0 saturated carbocycles. The normalized spacial score (nSPS) is 20.0. The number of aliphatic hydroxyl groups excluding tert-OH is 1. The van der Waals surface area contributed by atoms with Gasteiger partial charge in [-0.25, -0.2) is 4.98 Å². The van der Waals surface area contributed by atoms with Gasteiger partial charge >= 0.3 is 0 Å². The summed E-state index contributed by atoms with van der Waals surface area (Å²) in [7, 11) is 1.93. The topological polar surface area (TPSA) is 54.2 Å². The average Bonchev–Trinajstić information content (AvgIpc) is 3.00. The van der Waals surface area contributed by atoms with Gasteiger partial charge in [0.25, 0.3) is 0 Å². The molecule has 3 rings (SSSR count). The van der Waals surface area contributed by atoms with Gasteiger partial charge in [-0.3, -0.25) is 9.88 Å². The third kappa shape index (κ3) is 3.05. The highest BCUT2D eigenvalue weighted by molar-refractivity contribution is 5.08. The summed E-state index contributed by atoms with van der Waals surface area (Å²) < 4.78 is 1.91. The molecule has 1 aliphatic rings. The van der Waals surface area contributed by atoms with Gasteiger partial charge in [0.15, 0.2) is 0 Å². The summed E-state index contributed by atoms with van der Waals surface area (Å²) in [6.07, 6.45) is 7.00. The van der Waals surface area contributed by atoms with E-state index >= 15 is 0 Å². The van der Waals surface area contributed by atoms with Gasteiger partial charge in [0.05, 0.1) is 5.69 Å². The molecule has 2 aromatic heterocycles. The Kier molecular flexibility index (Phi) is 4.55. The summed E-state index contributed by atoms with van der Waals surface area (Å²) in [6.45, 7) is 4.19. The molecule has 0 radical (unpaired) electrons. The van der Waals surface area contributed by atoms with Gasteiger partial charge in [-0.2, -0.15) is 0 Å².